The quantitative estimate of drug-likeness (QED) is 0.381. The predicted octanol–water partition coefficient (Wildman–Crippen LogP) is 7.97. The zero-order valence-corrected chi connectivity index (χ0v) is 18.0. The topological polar surface area (TPSA) is 74.1 Å². The van der Waals surface area contributed by atoms with Gasteiger partial charge in [0.15, 0.2) is 0 Å². The van der Waals surface area contributed by atoms with Crippen LogP contribution in [0.25, 0.3) is 0 Å². The minimum absolute atomic E-state index is 0.100. The van der Waals surface area contributed by atoms with Crippen molar-refractivity contribution < 1.29 is 22.7 Å². The van der Waals surface area contributed by atoms with E-state index >= 15 is 0 Å². The molecule has 0 fully saturated rings. The predicted molar refractivity (Wildman–Crippen MR) is 117 cm³/mol. The number of nitrogens with one attached hydrogen (secondary N) is 2. The first-order valence-electron chi connectivity index (χ1n) is 8.68. The Bertz CT molecular complexity index is 1230. The maximum atomic E-state index is 13.0. The number of hydrogen-bond acceptors (Lipinski definition) is 3. The van der Waals surface area contributed by atoms with Gasteiger partial charge < -0.3 is 15.4 Å². The molecule has 0 aromatic heterocycles. The van der Waals surface area contributed by atoms with E-state index in [0.29, 0.717) is 5.75 Å². The summed E-state index contributed by atoms with van der Waals surface area (Å²) in [4.78, 5) is 12.2. The number of carbonyl (C=O) groups excluding carboxylic acids is 1. The van der Waals surface area contributed by atoms with Crippen LogP contribution in [0.15, 0.2) is 54.6 Å². The van der Waals surface area contributed by atoms with Crippen molar-refractivity contribution in [2.75, 3.05) is 10.6 Å². The smallest absolute Gasteiger partial charge is 0.417 e. The second-order valence-corrected chi connectivity index (χ2v) is 7.49. The van der Waals surface area contributed by atoms with Crippen molar-refractivity contribution in [3.8, 4) is 17.6 Å². The Hall–Kier alpha value is -3.12. The minimum Gasteiger partial charge on any atom is -0.456 e. The molecule has 0 unspecified atom stereocenters. The molecular weight excluding hydrogens is 490 g/mol. The lowest BCUT2D eigenvalue weighted by Gasteiger charge is -2.13. The van der Waals surface area contributed by atoms with Crippen LogP contribution in [0.1, 0.15) is 11.1 Å². The highest BCUT2D eigenvalue weighted by Crippen LogP contribution is 2.36. The molecule has 0 saturated heterocycles. The molecule has 3 aromatic rings. The van der Waals surface area contributed by atoms with Gasteiger partial charge in [-0.1, -0.05) is 34.8 Å². The fourth-order valence-electron chi connectivity index (χ4n) is 2.55. The lowest BCUT2D eigenvalue weighted by molar-refractivity contribution is -0.137. The van der Waals surface area contributed by atoms with Gasteiger partial charge in [0.05, 0.1) is 26.2 Å². The van der Waals surface area contributed by atoms with E-state index in [-0.39, 0.29) is 32.7 Å². The van der Waals surface area contributed by atoms with Crippen LogP contribution in [0.3, 0.4) is 0 Å². The van der Waals surface area contributed by atoms with E-state index in [9.17, 15) is 18.0 Å². The molecule has 11 heteroatoms. The SMILES string of the molecule is N#Cc1ccc(Oc2cc(NC(=O)Nc3ccc(Cl)c(C(F)(F)F)c3)ccc2Cl)cc1Cl. The average Bonchev–Trinajstić information content (AvgIpc) is 2.71. The van der Waals surface area contributed by atoms with Crippen LogP contribution in [0.2, 0.25) is 15.1 Å². The molecule has 0 radical (unpaired) electrons. The number of rotatable bonds is 4. The number of amides is 2. The average molecular weight is 501 g/mol. The lowest BCUT2D eigenvalue weighted by atomic mass is 10.2. The standard InChI is InChI=1S/C21H11Cl3F3N3O2/c22-16-5-2-12(7-15(16)21(25,26)27)29-20(31)30-13-3-6-17(23)19(8-13)32-14-4-1-11(10-28)18(24)9-14/h1-9H,(H2,29,30,31). The van der Waals surface area contributed by atoms with Gasteiger partial charge in [0.2, 0.25) is 0 Å². The Morgan fingerprint density at radius 1 is 0.875 bits per heavy atom. The van der Waals surface area contributed by atoms with Gasteiger partial charge in [0, 0.05) is 23.5 Å². The molecule has 0 aliphatic rings. The first-order valence-corrected chi connectivity index (χ1v) is 9.82. The molecule has 0 bridgehead atoms. The summed E-state index contributed by atoms with van der Waals surface area (Å²) in [6, 6.07) is 12.9. The van der Waals surface area contributed by atoms with E-state index in [1.807, 2.05) is 6.07 Å². The highest BCUT2D eigenvalue weighted by molar-refractivity contribution is 6.32. The highest BCUT2D eigenvalue weighted by Gasteiger charge is 2.33. The molecule has 0 saturated carbocycles. The van der Waals surface area contributed by atoms with Crippen molar-refractivity contribution >= 4 is 52.2 Å². The zero-order valence-electron chi connectivity index (χ0n) is 15.7. The number of nitriles is 1. The summed E-state index contributed by atoms with van der Waals surface area (Å²) in [5, 5.41) is 13.6. The van der Waals surface area contributed by atoms with Crippen LogP contribution in [-0.2, 0) is 6.18 Å². The number of urea groups is 1. The maximum absolute atomic E-state index is 13.0. The number of ether oxygens (including phenoxy) is 1. The van der Waals surface area contributed by atoms with Crippen LogP contribution >= 0.6 is 34.8 Å². The number of alkyl halides is 3. The Morgan fingerprint density at radius 2 is 1.50 bits per heavy atom. The van der Waals surface area contributed by atoms with Crippen LogP contribution in [0.4, 0.5) is 29.3 Å². The molecule has 0 atom stereocenters. The van der Waals surface area contributed by atoms with E-state index in [4.69, 9.17) is 44.8 Å². The van der Waals surface area contributed by atoms with Crippen molar-refractivity contribution in [2.45, 2.75) is 6.18 Å². The minimum atomic E-state index is -4.66. The first kappa shape index (κ1) is 23.5. The molecule has 0 spiro atoms. The van der Waals surface area contributed by atoms with Gasteiger partial charge in [-0.3, -0.25) is 0 Å². The second-order valence-electron chi connectivity index (χ2n) is 6.27. The van der Waals surface area contributed by atoms with Crippen molar-refractivity contribution in [1.82, 2.24) is 0 Å². The van der Waals surface area contributed by atoms with Gasteiger partial charge in [0.25, 0.3) is 0 Å². The monoisotopic (exact) mass is 499 g/mol. The third kappa shape index (κ3) is 5.77. The number of hydrogen-bond donors (Lipinski definition) is 2. The molecule has 32 heavy (non-hydrogen) atoms. The third-order valence-corrected chi connectivity index (χ3v) is 4.96. The van der Waals surface area contributed by atoms with Crippen LogP contribution in [-0.4, -0.2) is 6.03 Å². The number of halogens is 6. The molecule has 2 N–H and O–H groups in total. The van der Waals surface area contributed by atoms with Gasteiger partial charge in [-0.15, -0.1) is 0 Å². The molecule has 3 aromatic carbocycles. The molecule has 0 aliphatic heterocycles. The van der Waals surface area contributed by atoms with Crippen molar-refractivity contribution in [1.29, 1.82) is 5.26 Å². The lowest BCUT2D eigenvalue weighted by Crippen LogP contribution is -2.20. The highest BCUT2D eigenvalue weighted by atomic mass is 35.5. The van der Waals surface area contributed by atoms with Crippen LogP contribution in [0.5, 0.6) is 11.5 Å². The number of anilines is 2. The summed E-state index contributed by atoms with van der Waals surface area (Å²) < 4.78 is 44.6. The first-order chi connectivity index (χ1) is 15.1. The molecular formula is C21H11Cl3F3N3O2. The molecule has 5 nitrogen and oxygen atoms in total. The van der Waals surface area contributed by atoms with Gasteiger partial charge >= 0.3 is 12.2 Å². The zero-order chi connectivity index (χ0) is 23.5. The maximum Gasteiger partial charge on any atom is 0.417 e. The van der Waals surface area contributed by atoms with Gasteiger partial charge in [-0.2, -0.15) is 18.4 Å². The summed E-state index contributed by atoms with van der Waals surface area (Å²) in [6.07, 6.45) is -4.66. The van der Waals surface area contributed by atoms with Crippen molar-refractivity contribution in [3.05, 3.63) is 80.8 Å². The number of carbonyl (C=O) groups is 1. The van der Waals surface area contributed by atoms with Gasteiger partial charge in [-0.25, -0.2) is 4.79 Å². The van der Waals surface area contributed by atoms with Gasteiger partial charge in [0.1, 0.15) is 17.6 Å². The Kier molecular flexibility index (Phi) is 7.04. The largest absolute Gasteiger partial charge is 0.456 e. The molecule has 3 rings (SSSR count). The Labute approximate surface area is 195 Å². The Balaban J connectivity index is 1.74. The van der Waals surface area contributed by atoms with Crippen LogP contribution in [0, 0.1) is 11.3 Å². The summed E-state index contributed by atoms with van der Waals surface area (Å²) in [5.41, 5.74) is -0.642. The van der Waals surface area contributed by atoms with E-state index in [2.05, 4.69) is 10.6 Å². The van der Waals surface area contributed by atoms with E-state index in [1.54, 1.807) is 0 Å². The van der Waals surface area contributed by atoms with E-state index < -0.39 is 22.8 Å². The van der Waals surface area contributed by atoms with Gasteiger partial charge in [-0.05, 0) is 42.5 Å². The molecule has 0 heterocycles. The van der Waals surface area contributed by atoms with Crippen molar-refractivity contribution in [2.24, 2.45) is 0 Å². The number of nitrogens with zero attached hydrogens (tertiary/aromatic N) is 1. The summed E-state index contributed by atoms with van der Waals surface area (Å²) in [5.74, 6) is 0.481. The van der Waals surface area contributed by atoms with E-state index in [1.165, 1.54) is 42.5 Å². The molecule has 164 valence electrons. The normalized spacial score (nSPS) is 10.9. The molecule has 0 aliphatic carbocycles. The fourth-order valence-corrected chi connectivity index (χ4v) is 3.14. The number of benzene rings is 3. The van der Waals surface area contributed by atoms with E-state index in [0.717, 1.165) is 12.1 Å². The van der Waals surface area contributed by atoms with Crippen molar-refractivity contribution in [3.63, 3.8) is 0 Å². The Morgan fingerprint density at radius 3 is 2.09 bits per heavy atom. The fraction of sp³-hybridized carbons (Fsp3) is 0.0476. The van der Waals surface area contributed by atoms with Crippen LogP contribution < -0.4 is 15.4 Å². The molecule has 2 amide bonds. The second kappa shape index (κ2) is 9.57. The summed E-state index contributed by atoms with van der Waals surface area (Å²) in [6.45, 7) is 0. The third-order valence-electron chi connectivity index (χ3n) is 4.01. The summed E-state index contributed by atoms with van der Waals surface area (Å²) in [7, 11) is 0. The summed E-state index contributed by atoms with van der Waals surface area (Å²) >= 11 is 17.7.